The van der Waals surface area contributed by atoms with Crippen molar-refractivity contribution in [2.75, 3.05) is 13.1 Å². The van der Waals surface area contributed by atoms with E-state index >= 15 is 0 Å². The Hall–Kier alpha value is -0.540. The molecule has 0 radical (unpaired) electrons. The zero-order valence-electron chi connectivity index (χ0n) is 10.3. The minimum Gasteiger partial charge on any atom is -0.301 e. The van der Waals surface area contributed by atoms with Gasteiger partial charge in [-0.05, 0) is 39.8 Å². The maximum Gasteiger partial charge on any atom is 0.0842 e. The number of likely N-dealkylation sites (tertiary alicyclic amines) is 1. The molecule has 1 aliphatic rings. The molecule has 0 amide bonds. The van der Waals surface area contributed by atoms with Gasteiger partial charge in [0, 0.05) is 25.2 Å². The molecule has 1 saturated heterocycles. The van der Waals surface area contributed by atoms with E-state index in [-0.39, 0.29) is 0 Å². The first kappa shape index (κ1) is 11.9. The molecule has 0 saturated carbocycles. The minimum absolute atomic E-state index is 0.545. The van der Waals surface area contributed by atoms with Crippen molar-refractivity contribution in [3.63, 3.8) is 0 Å². The molecule has 4 heteroatoms. The molecule has 3 nitrogen and oxygen atoms in total. The number of nitrogens with zero attached hydrogens (tertiary/aromatic N) is 3. The van der Waals surface area contributed by atoms with E-state index < -0.39 is 0 Å². The van der Waals surface area contributed by atoms with Gasteiger partial charge in [0.2, 0.25) is 0 Å². The minimum atomic E-state index is 0.545. The highest BCUT2D eigenvalue weighted by atomic mass is 35.5. The summed E-state index contributed by atoms with van der Waals surface area (Å²) < 4.78 is 1.81. The van der Waals surface area contributed by atoms with Crippen molar-refractivity contribution < 1.29 is 0 Å². The Balaban J connectivity index is 2.01. The molecule has 1 aromatic rings. The zero-order chi connectivity index (χ0) is 11.7. The third-order valence-corrected chi connectivity index (χ3v) is 3.75. The molecule has 1 aromatic heterocycles. The van der Waals surface area contributed by atoms with Gasteiger partial charge in [0.1, 0.15) is 0 Å². The molecule has 0 atom stereocenters. The van der Waals surface area contributed by atoms with Gasteiger partial charge < -0.3 is 4.90 Å². The largest absolute Gasteiger partial charge is 0.301 e. The monoisotopic (exact) mass is 241 g/mol. The standard InChI is InChI=1S/C12H20ClN3/c1-9(2)16-6-4-10(5-7-16)12-11(13)8-15(3)14-12/h8-10H,4-7H2,1-3H3. The van der Waals surface area contributed by atoms with Crippen LogP contribution in [0, 0.1) is 0 Å². The summed E-state index contributed by atoms with van der Waals surface area (Å²) in [6.07, 6.45) is 4.25. The third kappa shape index (κ3) is 2.41. The van der Waals surface area contributed by atoms with Crippen molar-refractivity contribution >= 4 is 11.6 Å². The van der Waals surface area contributed by atoms with Crippen LogP contribution in [0.2, 0.25) is 5.02 Å². The van der Waals surface area contributed by atoms with Crippen LogP contribution in [0.1, 0.15) is 38.3 Å². The molecule has 2 heterocycles. The van der Waals surface area contributed by atoms with E-state index in [1.807, 2.05) is 17.9 Å². The van der Waals surface area contributed by atoms with Gasteiger partial charge in [0.25, 0.3) is 0 Å². The Morgan fingerprint density at radius 1 is 1.38 bits per heavy atom. The molecule has 90 valence electrons. The molecule has 0 N–H and O–H groups in total. The average molecular weight is 242 g/mol. The summed E-state index contributed by atoms with van der Waals surface area (Å²) in [5.74, 6) is 0.545. The molecule has 16 heavy (non-hydrogen) atoms. The van der Waals surface area contributed by atoms with Gasteiger partial charge in [-0.3, -0.25) is 4.68 Å². The van der Waals surface area contributed by atoms with E-state index in [4.69, 9.17) is 11.6 Å². The van der Waals surface area contributed by atoms with Crippen LogP contribution < -0.4 is 0 Å². The number of hydrogen-bond donors (Lipinski definition) is 0. The highest BCUT2D eigenvalue weighted by Gasteiger charge is 2.25. The Kier molecular flexibility index (Phi) is 3.55. The van der Waals surface area contributed by atoms with Crippen LogP contribution in [0.25, 0.3) is 0 Å². The van der Waals surface area contributed by atoms with E-state index in [9.17, 15) is 0 Å². The second-order valence-corrected chi connectivity index (χ2v) is 5.35. The predicted octanol–water partition coefficient (Wildman–Crippen LogP) is 2.66. The van der Waals surface area contributed by atoms with Crippen molar-refractivity contribution in [2.24, 2.45) is 7.05 Å². The normalized spacial score (nSPS) is 19.6. The number of halogens is 1. The lowest BCUT2D eigenvalue weighted by Gasteiger charge is -2.34. The van der Waals surface area contributed by atoms with Gasteiger partial charge in [-0.1, -0.05) is 11.6 Å². The maximum absolute atomic E-state index is 6.18. The van der Waals surface area contributed by atoms with Crippen LogP contribution in [0.3, 0.4) is 0 Å². The van der Waals surface area contributed by atoms with Crippen molar-refractivity contribution in [3.05, 3.63) is 16.9 Å². The van der Waals surface area contributed by atoms with Crippen molar-refractivity contribution in [1.82, 2.24) is 14.7 Å². The summed E-state index contributed by atoms with van der Waals surface area (Å²) in [6.45, 7) is 6.84. The molecule has 0 aliphatic carbocycles. The third-order valence-electron chi connectivity index (χ3n) is 3.46. The summed E-state index contributed by atoms with van der Waals surface area (Å²) in [7, 11) is 1.93. The summed E-state index contributed by atoms with van der Waals surface area (Å²) in [6, 6.07) is 0.653. The topological polar surface area (TPSA) is 21.1 Å². The lowest BCUT2D eigenvalue weighted by molar-refractivity contribution is 0.170. The fourth-order valence-electron chi connectivity index (χ4n) is 2.44. The van der Waals surface area contributed by atoms with Crippen LogP contribution >= 0.6 is 11.6 Å². The molecule has 0 bridgehead atoms. The highest BCUT2D eigenvalue weighted by Crippen LogP contribution is 2.31. The van der Waals surface area contributed by atoms with Crippen LogP contribution in [-0.4, -0.2) is 33.8 Å². The summed E-state index contributed by atoms with van der Waals surface area (Å²) in [5.41, 5.74) is 1.09. The maximum atomic E-state index is 6.18. The van der Waals surface area contributed by atoms with Gasteiger partial charge in [-0.25, -0.2) is 0 Å². The second-order valence-electron chi connectivity index (χ2n) is 4.94. The van der Waals surface area contributed by atoms with Gasteiger partial charge >= 0.3 is 0 Å². The SMILES string of the molecule is CC(C)N1CCC(c2nn(C)cc2Cl)CC1. The quantitative estimate of drug-likeness (QED) is 0.794. The Morgan fingerprint density at radius 3 is 2.44 bits per heavy atom. The molecule has 2 rings (SSSR count). The van der Waals surface area contributed by atoms with E-state index in [2.05, 4.69) is 23.8 Å². The van der Waals surface area contributed by atoms with Crippen LogP contribution in [-0.2, 0) is 7.05 Å². The van der Waals surface area contributed by atoms with Gasteiger partial charge in [0.05, 0.1) is 10.7 Å². The molecule has 0 unspecified atom stereocenters. The Labute approximate surface area is 102 Å². The zero-order valence-corrected chi connectivity index (χ0v) is 11.0. The molecule has 0 aromatic carbocycles. The molecular formula is C12H20ClN3. The predicted molar refractivity (Wildman–Crippen MR) is 66.9 cm³/mol. The van der Waals surface area contributed by atoms with Gasteiger partial charge in [-0.2, -0.15) is 5.10 Å². The van der Waals surface area contributed by atoms with Crippen LogP contribution in [0.5, 0.6) is 0 Å². The summed E-state index contributed by atoms with van der Waals surface area (Å²) >= 11 is 6.18. The van der Waals surface area contributed by atoms with Crippen molar-refractivity contribution in [1.29, 1.82) is 0 Å². The lowest BCUT2D eigenvalue weighted by Crippen LogP contribution is -2.37. The molecule has 0 spiro atoms. The van der Waals surface area contributed by atoms with Gasteiger partial charge in [-0.15, -0.1) is 0 Å². The van der Waals surface area contributed by atoms with Crippen molar-refractivity contribution in [3.8, 4) is 0 Å². The lowest BCUT2D eigenvalue weighted by atomic mass is 9.93. The first-order valence-electron chi connectivity index (χ1n) is 6.01. The van der Waals surface area contributed by atoms with Crippen molar-refractivity contribution in [2.45, 2.75) is 38.6 Å². The van der Waals surface area contributed by atoms with Crippen LogP contribution in [0.4, 0.5) is 0 Å². The Bertz CT molecular complexity index is 351. The fourth-order valence-corrected chi connectivity index (χ4v) is 2.78. The van der Waals surface area contributed by atoms with E-state index in [0.29, 0.717) is 12.0 Å². The van der Waals surface area contributed by atoms with Gasteiger partial charge in [0.15, 0.2) is 0 Å². The average Bonchev–Trinajstić information content (AvgIpc) is 2.58. The number of aromatic nitrogens is 2. The van der Waals surface area contributed by atoms with E-state index in [1.54, 1.807) is 0 Å². The highest BCUT2D eigenvalue weighted by molar-refractivity contribution is 6.31. The number of aryl methyl sites for hydroxylation is 1. The first-order chi connectivity index (χ1) is 7.58. The first-order valence-corrected chi connectivity index (χ1v) is 6.39. The molecule has 1 fully saturated rings. The smallest absolute Gasteiger partial charge is 0.0842 e. The van der Waals surface area contributed by atoms with E-state index in [0.717, 1.165) is 23.8 Å². The second kappa shape index (κ2) is 4.76. The van der Waals surface area contributed by atoms with E-state index in [1.165, 1.54) is 12.8 Å². The summed E-state index contributed by atoms with van der Waals surface area (Å²) in [5, 5.41) is 5.29. The summed E-state index contributed by atoms with van der Waals surface area (Å²) in [4.78, 5) is 2.52. The fraction of sp³-hybridized carbons (Fsp3) is 0.750. The molecular weight excluding hydrogens is 222 g/mol. The molecule has 1 aliphatic heterocycles. The number of piperidine rings is 1. The Morgan fingerprint density at radius 2 is 2.00 bits per heavy atom. The number of rotatable bonds is 2. The number of hydrogen-bond acceptors (Lipinski definition) is 2. The van der Waals surface area contributed by atoms with Crippen LogP contribution in [0.15, 0.2) is 6.20 Å².